The Balaban J connectivity index is 2.13. The van der Waals surface area contributed by atoms with E-state index < -0.39 is 0 Å². The molecular formula is C12H17NO3S. The third kappa shape index (κ3) is 2.61. The van der Waals surface area contributed by atoms with E-state index in [0.717, 1.165) is 6.42 Å². The SMILES string of the molecule is CCOC(=O)N1CCc2sccc2C(OC)C1. The number of thiophene rings is 1. The Labute approximate surface area is 105 Å². The van der Waals surface area contributed by atoms with E-state index in [9.17, 15) is 4.79 Å². The van der Waals surface area contributed by atoms with Crippen LogP contribution in [0.1, 0.15) is 23.5 Å². The number of hydrogen-bond donors (Lipinski definition) is 0. The van der Waals surface area contributed by atoms with Crippen LogP contribution in [-0.2, 0) is 15.9 Å². The highest BCUT2D eigenvalue weighted by Gasteiger charge is 2.27. The van der Waals surface area contributed by atoms with Gasteiger partial charge in [0.2, 0.25) is 0 Å². The lowest BCUT2D eigenvalue weighted by molar-refractivity contribution is 0.0549. The van der Waals surface area contributed by atoms with Gasteiger partial charge in [0.15, 0.2) is 0 Å². The van der Waals surface area contributed by atoms with Crippen molar-refractivity contribution >= 4 is 17.4 Å². The van der Waals surface area contributed by atoms with E-state index in [4.69, 9.17) is 9.47 Å². The second kappa shape index (κ2) is 5.51. The fourth-order valence-corrected chi connectivity index (χ4v) is 2.97. The van der Waals surface area contributed by atoms with Crippen molar-refractivity contribution in [3.05, 3.63) is 21.9 Å². The molecule has 0 bridgehead atoms. The standard InChI is InChI=1S/C12H17NO3S/c1-3-16-12(14)13-6-4-11-9(5-7-17-11)10(8-13)15-2/h5,7,10H,3-4,6,8H2,1-2H3. The Morgan fingerprint density at radius 3 is 3.18 bits per heavy atom. The van der Waals surface area contributed by atoms with E-state index in [-0.39, 0.29) is 12.2 Å². The zero-order valence-corrected chi connectivity index (χ0v) is 11.0. The highest BCUT2D eigenvalue weighted by molar-refractivity contribution is 7.10. The molecule has 0 saturated heterocycles. The topological polar surface area (TPSA) is 38.8 Å². The molecule has 17 heavy (non-hydrogen) atoms. The molecule has 0 aliphatic carbocycles. The molecule has 0 fully saturated rings. The van der Waals surface area contributed by atoms with Gasteiger partial charge in [-0.25, -0.2) is 4.79 Å². The smallest absolute Gasteiger partial charge is 0.409 e. The molecule has 5 heteroatoms. The molecule has 0 saturated carbocycles. The maximum Gasteiger partial charge on any atom is 0.409 e. The predicted molar refractivity (Wildman–Crippen MR) is 66.4 cm³/mol. The van der Waals surface area contributed by atoms with Crippen LogP contribution in [0.25, 0.3) is 0 Å². The lowest BCUT2D eigenvalue weighted by Gasteiger charge is -2.23. The molecule has 1 aliphatic heterocycles. The van der Waals surface area contributed by atoms with Crippen molar-refractivity contribution in [2.45, 2.75) is 19.4 Å². The van der Waals surface area contributed by atoms with Crippen LogP contribution in [0.2, 0.25) is 0 Å². The van der Waals surface area contributed by atoms with E-state index in [1.165, 1.54) is 10.4 Å². The summed E-state index contributed by atoms with van der Waals surface area (Å²) in [5, 5.41) is 2.08. The summed E-state index contributed by atoms with van der Waals surface area (Å²) in [4.78, 5) is 14.8. The van der Waals surface area contributed by atoms with Gasteiger partial charge in [0, 0.05) is 18.5 Å². The minimum atomic E-state index is -0.246. The first-order valence-corrected chi connectivity index (χ1v) is 6.65. The summed E-state index contributed by atoms with van der Waals surface area (Å²) in [7, 11) is 1.68. The number of carbonyl (C=O) groups excluding carboxylic acids is 1. The molecule has 94 valence electrons. The molecular weight excluding hydrogens is 238 g/mol. The van der Waals surface area contributed by atoms with Crippen LogP contribution in [0.3, 0.4) is 0 Å². The quantitative estimate of drug-likeness (QED) is 0.814. The number of nitrogens with zero attached hydrogens (tertiary/aromatic N) is 1. The number of methoxy groups -OCH3 is 1. The molecule has 0 aromatic carbocycles. The largest absolute Gasteiger partial charge is 0.450 e. The molecule has 1 amide bonds. The van der Waals surface area contributed by atoms with E-state index in [1.54, 1.807) is 23.3 Å². The summed E-state index contributed by atoms with van der Waals surface area (Å²) in [5.41, 5.74) is 1.21. The molecule has 2 heterocycles. The number of fused-ring (bicyclic) bond motifs is 1. The van der Waals surface area contributed by atoms with Crippen molar-refractivity contribution in [2.24, 2.45) is 0 Å². The maximum absolute atomic E-state index is 11.7. The normalized spacial score (nSPS) is 19.6. The number of ether oxygens (including phenoxy) is 2. The van der Waals surface area contributed by atoms with Crippen molar-refractivity contribution in [3.8, 4) is 0 Å². The predicted octanol–water partition coefficient (Wildman–Crippen LogP) is 2.45. The fourth-order valence-electron chi connectivity index (χ4n) is 2.05. The Hall–Kier alpha value is -1.07. The Kier molecular flexibility index (Phi) is 4.02. The van der Waals surface area contributed by atoms with Crippen molar-refractivity contribution in [2.75, 3.05) is 26.8 Å². The molecule has 4 nitrogen and oxygen atoms in total. The van der Waals surface area contributed by atoms with Crippen LogP contribution < -0.4 is 0 Å². The third-order valence-electron chi connectivity index (χ3n) is 2.93. The van der Waals surface area contributed by atoms with Gasteiger partial charge in [-0.15, -0.1) is 11.3 Å². The van der Waals surface area contributed by atoms with Gasteiger partial charge in [-0.3, -0.25) is 0 Å². The molecule has 1 unspecified atom stereocenters. The van der Waals surface area contributed by atoms with Gasteiger partial charge in [-0.1, -0.05) is 0 Å². The van der Waals surface area contributed by atoms with Gasteiger partial charge >= 0.3 is 6.09 Å². The van der Waals surface area contributed by atoms with Gasteiger partial charge < -0.3 is 14.4 Å². The number of amides is 1. The second-order valence-corrected chi connectivity index (χ2v) is 4.92. The monoisotopic (exact) mass is 255 g/mol. The highest BCUT2D eigenvalue weighted by atomic mass is 32.1. The van der Waals surface area contributed by atoms with Crippen LogP contribution in [-0.4, -0.2) is 37.8 Å². The first-order chi connectivity index (χ1) is 8.26. The van der Waals surface area contributed by atoms with Crippen molar-refractivity contribution in [1.82, 2.24) is 4.90 Å². The minimum absolute atomic E-state index is 0.0387. The summed E-state index contributed by atoms with van der Waals surface area (Å²) < 4.78 is 10.5. The lowest BCUT2D eigenvalue weighted by Crippen LogP contribution is -2.35. The zero-order valence-electron chi connectivity index (χ0n) is 10.1. The summed E-state index contributed by atoms with van der Waals surface area (Å²) in [6.45, 7) is 3.50. The van der Waals surface area contributed by atoms with Crippen LogP contribution in [0.5, 0.6) is 0 Å². The van der Waals surface area contributed by atoms with Gasteiger partial charge in [0.05, 0.1) is 13.2 Å². The minimum Gasteiger partial charge on any atom is -0.450 e. The molecule has 1 aromatic heterocycles. The number of hydrogen-bond acceptors (Lipinski definition) is 4. The number of carbonyl (C=O) groups is 1. The summed E-state index contributed by atoms with van der Waals surface area (Å²) in [6, 6.07) is 2.09. The third-order valence-corrected chi connectivity index (χ3v) is 3.93. The van der Waals surface area contributed by atoms with Gasteiger partial charge in [0.1, 0.15) is 6.10 Å². The maximum atomic E-state index is 11.7. The van der Waals surface area contributed by atoms with E-state index in [0.29, 0.717) is 19.7 Å². The fraction of sp³-hybridized carbons (Fsp3) is 0.583. The molecule has 2 rings (SSSR count). The average Bonchev–Trinajstić information content (AvgIpc) is 2.71. The van der Waals surface area contributed by atoms with Crippen molar-refractivity contribution in [3.63, 3.8) is 0 Å². The molecule has 0 spiro atoms. The molecule has 1 atom stereocenters. The van der Waals surface area contributed by atoms with Crippen molar-refractivity contribution < 1.29 is 14.3 Å². The summed E-state index contributed by atoms with van der Waals surface area (Å²) in [5.74, 6) is 0. The molecule has 1 aromatic rings. The van der Waals surface area contributed by atoms with Crippen LogP contribution in [0.15, 0.2) is 11.4 Å². The van der Waals surface area contributed by atoms with Crippen LogP contribution in [0, 0.1) is 0 Å². The van der Waals surface area contributed by atoms with Gasteiger partial charge in [0.25, 0.3) is 0 Å². The Morgan fingerprint density at radius 1 is 1.65 bits per heavy atom. The number of rotatable bonds is 2. The summed E-state index contributed by atoms with van der Waals surface area (Å²) >= 11 is 1.73. The summed E-state index contributed by atoms with van der Waals surface area (Å²) in [6.07, 6.45) is 0.596. The molecule has 0 N–H and O–H groups in total. The Morgan fingerprint density at radius 2 is 2.47 bits per heavy atom. The highest BCUT2D eigenvalue weighted by Crippen LogP contribution is 2.30. The first kappa shape index (κ1) is 12.4. The first-order valence-electron chi connectivity index (χ1n) is 5.77. The van der Waals surface area contributed by atoms with Gasteiger partial charge in [-0.2, -0.15) is 0 Å². The average molecular weight is 255 g/mol. The van der Waals surface area contributed by atoms with Crippen LogP contribution >= 0.6 is 11.3 Å². The molecule has 1 aliphatic rings. The van der Waals surface area contributed by atoms with Crippen LogP contribution in [0.4, 0.5) is 4.79 Å². The van der Waals surface area contributed by atoms with E-state index in [2.05, 4.69) is 11.4 Å². The van der Waals surface area contributed by atoms with Gasteiger partial charge in [-0.05, 0) is 30.4 Å². The Bertz CT molecular complexity index is 391. The lowest BCUT2D eigenvalue weighted by atomic mass is 10.1. The second-order valence-electron chi connectivity index (χ2n) is 3.92. The van der Waals surface area contributed by atoms with Crippen molar-refractivity contribution in [1.29, 1.82) is 0 Å². The van der Waals surface area contributed by atoms with E-state index in [1.807, 2.05) is 6.92 Å². The van der Waals surface area contributed by atoms with E-state index >= 15 is 0 Å². The zero-order chi connectivity index (χ0) is 12.3. The molecule has 0 radical (unpaired) electrons.